The average Bonchev–Trinajstić information content (AvgIpc) is 2.88. The number of fused-ring (bicyclic) bond motifs is 1. The van der Waals surface area contributed by atoms with Crippen LogP contribution in [-0.4, -0.2) is 41.6 Å². The molecule has 6 heteroatoms. The summed E-state index contributed by atoms with van der Waals surface area (Å²) in [5.41, 5.74) is 1.24. The van der Waals surface area contributed by atoms with E-state index < -0.39 is 36.2 Å². The number of ether oxygens (including phenoxy) is 2. The molecule has 5 atom stereocenters. The number of carbonyl (C=O) groups excluding carboxylic acids is 3. The van der Waals surface area contributed by atoms with Gasteiger partial charge in [0, 0.05) is 11.1 Å². The van der Waals surface area contributed by atoms with Gasteiger partial charge < -0.3 is 14.6 Å². The highest BCUT2D eigenvalue weighted by atomic mass is 16.6. The molecule has 1 N–H and O–H groups in total. The monoisotopic (exact) mass is 362 g/mol. The molecular weight excluding hydrogens is 336 g/mol. The fourth-order valence-electron chi connectivity index (χ4n) is 3.14. The van der Waals surface area contributed by atoms with E-state index in [0.29, 0.717) is 25.5 Å². The van der Waals surface area contributed by atoms with Gasteiger partial charge in [0.25, 0.3) is 0 Å². The smallest absolute Gasteiger partial charge is 0.334 e. The van der Waals surface area contributed by atoms with Crippen molar-refractivity contribution in [2.75, 3.05) is 0 Å². The molecule has 142 valence electrons. The summed E-state index contributed by atoms with van der Waals surface area (Å²) >= 11 is 0. The van der Waals surface area contributed by atoms with Crippen molar-refractivity contribution in [3.8, 4) is 0 Å². The fraction of sp³-hybridized carbons (Fsp3) is 0.550. The van der Waals surface area contributed by atoms with Gasteiger partial charge in [-0.3, -0.25) is 9.59 Å². The number of carbonyl (C=O) groups is 3. The van der Waals surface area contributed by atoms with Gasteiger partial charge in [0.2, 0.25) is 0 Å². The Balaban J connectivity index is 2.48. The van der Waals surface area contributed by atoms with Crippen LogP contribution < -0.4 is 0 Å². The molecule has 0 spiro atoms. The Hall–Kier alpha value is -2.21. The summed E-state index contributed by atoms with van der Waals surface area (Å²) in [5, 5.41) is 10.8. The van der Waals surface area contributed by atoms with Crippen LogP contribution in [-0.2, 0) is 23.9 Å². The number of hydrogen-bond acceptors (Lipinski definition) is 6. The van der Waals surface area contributed by atoms with Gasteiger partial charge in [-0.15, -0.1) is 0 Å². The standard InChI is InChI=1S/C20H26O6/c1-5-12(3)19(23)26-18-16-13(4)20(24)25-15(16)9-11(2)7-6-8-14(10-21)17(18)22/h8-10,12,15-18,22H,4-7H2,1-3H3/b11-9+,14-8-/t12-,15-,16+,17+,18+/m1/s1. The first-order valence-electron chi connectivity index (χ1n) is 8.91. The van der Waals surface area contributed by atoms with Crippen molar-refractivity contribution >= 4 is 18.2 Å². The molecular formula is C20H26O6. The third-order valence-electron chi connectivity index (χ3n) is 5.04. The quantitative estimate of drug-likeness (QED) is 0.357. The van der Waals surface area contributed by atoms with Gasteiger partial charge in [0.05, 0.1) is 11.8 Å². The van der Waals surface area contributed by atoms with Crippen LogP contribution >= 0.6 is 0 Å². The van der Waals surface area contributed by atoms with Crippen molar-refractivity contribution in [3.05, 3.63) is 35.5 Å². The van der Waals surface area contributed by atoms with Crippen LogP contribution in [0.5, 0.6) is 0 Å². The zero-order valence-corrected chi connectivity index (χ0v) is 15.4. The first-order chi connectivity index (χ1) is 12.3. The second-order valence-corrected chi connectivity index (χ2v) is 6.95. The van der Waals surface area contributed by atoms with Gasteiger partial charge in [-0.05, 0) is 32.3 Å². The largest absolute Gasteiger partial charge is 0.458 e. The summed E-state index contributed by atoms with van der Waals surface area (Å²) in [6.07, 6.45) is 2.61. The lowest BCUT2D eigenvalue weighted by molar-refractivity contribution is -0.162. The van der Waals surface area contributed by atoms with E-state index in [0.717, 1.165) is 5.57 Å². The molecule has 26 heavy (non-hydrogen) atoms. The molecule has 1 saturated heterocycles. The van der Waals surface area contributed by atoms with Gasteiger partial charge in [0.1, 0.15) is 24.6 Å². The molecule has 0 saturated carbocycles. The Labute approximate surface area is 153 Å². The third kappa shape index (κ3) is 4.12. The van der Waals surface area contributed by atoms with Crippen molar-refractivity contribution in [1.82, 2.24) is 0 Å². The van der Waals surface area contributed by atoms with Gasteiger partial charge >= 0.3 is 11.9 Å². The van der Waals surface area contributed by atoms with Crippen molar-refractivity contribution in [2.24, 2.45) is 11.8 Å². The number of aldehydes is 1. The summed E-state index contributed by atoms with van der Waals surface area (Å²) in [5.74, 6) is -2.20. The van der Waals surface area contributed by atoms with E-state index in [-0.39, 0.29) is 17.1 Å². The Morgan fingerprint density at radius 3 is 2.85 bits per heavy atom. The van der Waals surface area contributed by atoms with Crippen LogP contribution in [0.3, 0.4) is 0 Å². The zero-order chi connectivity index (χ0) is 19.4. The van der Waals surface area contributed by atoms with Crippen LogP contribution in [0.25, 0.3) is 0 Å². The van der Waals surface area contributed by atoms with Crippen LogP contribution in [0.2, 0.25) is 0 Å². The average molecular weight is 362 g/mol. The summed E-state index contributed by atoms with van der Waals surface area (Å²) < 4.78 is 10.9. The maximum absolute atomic E-state index is 12.4. The maximum atomic E-state index is 12.4. The van der Waals surface area contributed by atoms with E-state index in [1.54, 1.807) is 19.1 Å². The molecule has 1 aliphatic carbocycles. The lowest BCUT2D eigenvalue weighted by Gasteiger charge is -2.31. The van der Waals surface area contributed by atoms with Crippen molar-refractivity contribution in [1.29, 1.82) is 0 Å². The molecule has 2 aliphatic rings. The van der Waals surface area contributed by atoms with E-state index in [4.69, 9.17) is 9.47 Å². The molecule has 6 nitrogen and oxygen atoms in total. The number of hydrogen-bond donors (Lipinski definition) is 1. The lowest BCUT2D eigenvalue weighted by atomic mass is 9.83. The first kappa shape index (κ1) is 20.1. The number of aliphatic hydroxyl groups is 1. The number of esters is 2. The Bertz CT molecular complexity index is 659. The number of allylic oxidation sites excluding steroid dienone is 2. The van der Waals surface area contributed by atoms with Crippen molar-refractivity contribution < 1.29 is 29.0 Å². The molecule has 0 radical (unpaired) electrons. The van der Waals surface area contributed by atoms with Crippen LogP contribution in [0.4, 0.5) is 0 Å². The molecule has 0 aromatic heterocycles. The van der Waals surface area contributed by atoms with E-state index in [1.165, 1.54) is 0 Å². The molecule has 1 heterocycles. The predicted molar refractivity (Wildman–Crippen MR) is 95.0 cm³/mol. The normalized spacial score (nSPS) is 34.5. The van der Waals surface area contributed by atoms with Crippen molar-refractivity contribution in [2.45, 2.75) is 58.3 Å². The highest BCUT2D eigenvalue weighted by Gasteiger charge is 2.48. The minimum absolute atomic E-state index is 0.130. The Morgan fingerprint density at radius 1 is 1.54 bits per heavy atom. The maximum Gasteiger partial charge on any atom is 0.334 e. The van der Waals surface area contributed by atoms with Gasteiger partial charge in [0.15, 0.2) is 0 Å². The number of aliphatic hydroxyl groups excluding tert-OH is 1. The van der Waals surface area contributed by atoms with Crippen LogP contribution in [0.15, 0.2) is 35.5 Å². The summed E-state index contributed by atoms with van der Waals surface area (Å²) in [7, 11) is 0. The van der Waals surface area contributed by atoms with E-state index >= 15 is 0 Å². The molecule has 0 aromatic carbocycles. The second kappa shape index (κ2) is 8.45. The second-order valence-electron chi connectivity index (χ2n) is 6.95. The lowest BCUT2D eigenvalue weighted by Crippen LogP contribution is -2.43. The van der Waals surface area contributed by atoms with Crippen LogP contribution in [0.1, 0.15) is 40.0 Å². The van der Waals surface area contributed by atoms with Gasteiger partial charge in [-0.2, -0.15) is 0 Å². The van der Waals surface area contributed by atoms with Crippen LogP contribution in [0, 0.1) is 11.8 Å². The molecule has 0 unspecified atom stereocenters. The number of rotatable bonds is 4. The SMILES string of the molecule is C=C1C(=O)O[C@@H]2/C=C(\C)CC/C=C(/C=O)[C@H](O)[C@@H](OC(=O)[C@H](C)CC)[C@@H]12. The molecule has 2 rings (SSSR count). The Morgan fingerprint density at radius 2 is 2.23 bits per heavy atom. The van der Waals surface area contributed by atoms with E-state index in [2.05, 4.69) is 6.58 Å². The predicted octanol–water partition coefficient (Wildman–Crippen LogP) is 2.27. The highest BCUT2D eigenvalue weighted by Crippen LogP contribution is 2.36. The van der Waals surface area contributed by atoms with E-state index in [9.17, 15) is 19.5 Å². The van der Waals surface area contributed by atoms with E-state index in [1.807, 2.05) is 13.8 Å². The zero-order valence-electron chi connectivity index (χ0n) is 15.4. The summed E-state index contributed by atoms with van der Waals surface area (Å²) in [6.45, 7) is 9.24. The molecule has 1 aliphatic heterocycles. The summed E-state index contributed by atoms with van der Waals surface area (Å²) in [6, 6.07) is 0. The Kier molecular flexibility index (Phi) is 6.53. The molecule has 0 aromatic rings. The summed E-state index contributed by atoms with van der Waals surface area (Å²) in [4.78, 5) is 35.9. The third-order valence-corrected chi connectivity index (χ3v) is 5.04. The molecule has 1 fully saturated rings. The topological polar surface area (TPSA) is 89.9 Å². The first-order valence-corrected chi connectivity index (χ1v) is 8.91. The minimum atomic E-state index is -1.36. The molecule has 0 amide bonds. The fourth-order valence-corrected chi connectivity index (χ4v) is 3.14. The minimum Gasteiger partial charge on any atom is -0.458 e. The highest BCUT2D eigenvalue weighted by molar-refractivity contribution is 5.91. The van der Waals surface area contributed by atoms with Crippen molar-refractivity contribution in [3.63, 3.8) is 0 Å². The molecule has 0 bridgehead atoms. The van der Waals surface area contributed by atoms with Gasteiger partial charge in [-0.25, -0.2) is 4.79 Å². The van der Waals surface area contributed by atoms with Gasteiger partial charge in [-0.1, -0.05) is 32.1 Å².